The molecule has 0 bridgehead atoms. The van der Waals surface area contributed by atoms with Gasteiger partial charge in [-0.2, -0.15) is 0 Å². The van der Waals surface area contributed by atoms with E-state index in [0.29, 0.717) is 17.7 Å². The summed E-state index contributed by atoms with van der Waals surface area (Å²) in [6, 6.07) is 24.0. The Morgan fingerprint density at radius 1 is 0.789 bits per heavy atom. The fourth-order valence-electron chi connectivity index (χ4n) is 4.08. The van der Waals surface area contributed by atoms with Crippen molar-refractivity contribution in [2.45, 2.75) is 25.1 Å². The summed E-state index contributed by atoms with van der Waals surface area (Å²) in [5.74, 6) is -0.316. The predicted molar refractivity (Wildman–Crippen MR) is 146 cm³/mol. The Morgan fingerprint density at radius 3 is 1.97 bits per heavy atom. The van der Waals surface area contributed by atoms with Gasteiger partial charge in [-0.3, -0.25) is 14.4 Å². The van der Waals surface area contributed by atoms with E-state index in [0.717, 1.165) is 11.1 Å². The van der Waals surface area contributed by atoms with Crippen LogP contribution in [0.15, 0.2) is 84.9 Å². The molecule has 0 fully saturated rings. The molecule has 0 radical (unpaired) electrons. The summed E-state index contributed by atoms with van der Waals surface area (Å²) in [6.07, 6.45) is 0.292. The van der Waals surface area contributed by atoms with Crippen LogP contribution in [-0.4, -0.2) is 74.5 Å². The van der Waals surface area contributed by atoms with Crippen LogP contribution in [0.2, 0.25) is 0 Å². The summed E-state index contributed by atoms with van der Waals surface area (Å²) in [7, 11) is 6.28. The zero-order valence-corrected chi connectivity index (χ0v) is 22.3. The lowest BCUT2D eigenvalue weighted by atomic mass is 10.0. The minimum atomic E-state index is -0.945. The normalized spacial score (nSPS) is 12.2. The van der Waals surface area contributed by atoms with Crippen molar-refractivity contribution in [3.63, 3.8) is 0 Å². The van der Waals surface area contributed by atoms with E-state index < -0.39 is 18.0 Å². The summed E-state index contributed by atoms with van der Waals surface area (Å²) < 4.78 is 11.1. The van der Waals surface area contributed by atoms with Gasteiger partial charge in [0, 0.05) is 33.1 Å². The summed E-state index contributed by atoms with van der Waals surface area (Å²) in [5.41, 5.74) is 2.27. The van der Waals surface area contributed by atoms with Crippen molar-refractivity contribution in [1.82, 2.24) is 15.1 Å². The lowest BCUT2D eigenvalue weighted by Crippen LogP contribution is -2.56. The standard InChI is InChI=1S/C30H35N3O5/c1-31-28(34)26(19-22-15-17-25(37-4)18-16-22)32(2)30(36)27(21-38-20-23-11-7-5-8-12-23)33(3)29(35)24-13-9-6-10-14-24/h5-18,26-27H,19-21H2,1-4H3,(H,31,34)/t26-,27-/m1/s1. The first-order valence-electron chi connectivity index (χ1n) is 12.4. The van der Waals surface area contributed by atoms with Crippen molar-refractivity contribution in [1.29, 1.82) is 0 Å². The van der Waals surface area contributed by atoms with Gasteiger partial charge < -0.3 is 24.6 Å². The van der Waals surface area contributed by atoms with E-state index in [-0.39, 0.29) is 25.0 Å². The molecule has 0 saturated carbocycles. The molecule has 0 spiro atoms. The van der Waals surface area contributed by atoms with E-state index in [4.69, 9.17) is 9.47 Å². The smallest absolute Gasteiger partial charge is 0.254 e. The number of amides is 3. The molecule has 200 valence electrons. The van der Waals surface area contributed by atoms with Crippen LogP contribution in [0.3, 0.4) is 0 Å². The van der Waals surface area contributed by atoms with Gasteiger partial charge in [-0.05, 0) is 35.4 Å². The van der Waals surface area contributed by atoms with Crippen LogP contribution in [0.5, 0.6) is 5.75 Å². The molecule has 3 amide bonds. The molecule has 0 heterocycles. The number of carbonyl (C=O) groups is 3. The van der Waals surface area contributed by atoms with Crippen LogP contribution in [0, 0.1) is 0 Å². The molecule has 8 heteroatoms. The molecule has 3 rings (SSSR count). The van der Waals surface area contributed by atoms with Crippen LogP contribution in [-0.2, 0) is 27.4 Å². The first-order chi connectivity index (χ1) is 18.3. The molecule has 2 atom stereocenters. The van der Waals surface area contributed by atoms with Crippen LogP contribution in [0.4, 0.5) is 0 Å². The maximum Gasteiger partial charge on any atom is 0.254 e. The second-order valence-corrected chi connectivity index (χ2v) is 8.93. The zero-order chi connectivity index (χ0) is 27.5. The number of nitrogens with one attached hydrogen (secondary N) is 1. The first kappa shape index (κ1) is 28.4. The summed E-state index contributed by atoms with van der Waals surface area (Å²) in [5, 5.41) is 2.66. The van der Waals surface area contributed by atoms with E-state index in [2.05, 4.69) is 5.32 Å². The Hall–Kier alpha value is -4.17. The Morgan fingerprint density at radius 2 is 1.39 bits per heavy atom. The number of likely N-dealkylation sites (N-methyl/N-ethyl adjacent to an activating group) is 3. The SMILES string of the molecule is CNC(=O)[C@@H](Cc1ccc(OC)cc1)N(C)C(=O)[C@@H](COCc1ccccc1)N(C)C(=O)c1ccccc1. The molecule has 0 aliphatic carbocycles. The van der Waals surface area contributed by atoms with Crippen molar-refractivity contribution in [3.05, 3.63) is 102 Å². The van der Waals surface area contributed by atoms with Gasteiger partial charge in [-0.15, -0.1) is 0 Å². The Labute approximate surface area is 224 Å². The van der Waals surface area contributed by atoms with Crippen LogP contribution in [0.25, 0.3) is 0 Å². The van der Waals surface area contributed by atoms with E-state index in [1.807, 2.05) is 60.7 Å². The van der Waals surface area contributed by atoms with Crippen molar-refractivity contribution in [3.8, 4) is 5.75 Å². The molecule has 3 aromatic rings. The molecule has 3 aromatic carbocycles. The molecule has 1 N–H and O–H groups in total. The van der Waals surface area contributed by atoms with Gasteiger partial charge in [0.05, 0.1) is 20.3 Å². The molecule has 8 nitrogen and oxygen atoms in total. The third-order valence-corrected chi connectivity index (χ3v) is 6.43. The minimum absolute atomic E-state index is 0.0316. The highest BCUT2D eigenvalue weighted by atomic mass is 16.5. The number of nitrogens with zero attached hydrogens (tertiary/aromatic N) is 2. The number of benzene rings is 3. The van der Waals surface area contributed by atoms with Crippen LogP contribution >= 0.6 is 0 Å². The number of rotatable bonds is 12. The second-order valence-electron chi connectivity index (χ2n) is 8.93. The Kier molecular flexibility index (Phi) is 10.4. The molecule has 0 unspecified atom stereocenters. The number of methoxy groups -OCH3 is 1. The van der Waals surface area contributed by atoms with E-state index in [9.17, 15) is 14.4 Å². The van der Waals surface area contributed by atoms with E-state index in [1.54, 1.807) is 45.5 Å². The van der Waals surface area contributed by atoms with Crippen molar-refractivity contribution in [2.75, 3.05) is 34.9 Å². The fraction of sp³-hybridized carbons (Fsp3) is 0.300. The zero-order valence-electron chi connectivity index (χ0n) is 22.3. The maximum absolute atomic E-state index is 13.9. The molecule has 0 saturated heterocycles. The lowest BCUT2D eigenvalue weighted by molar-refractivity contribution is -0.143. The third-order valence-electron chi connectivity index (χ3n) is 6.43. The van der Waals surface area contributed by atoms with Crippen LogP contribution in [0.1, 0.15) is 21.5 Å². The van der Waals surface area contributed by atoms with Crippen molar-refractivity contribution < 1.29 is 23.9 Å². The second kappa shape index (κ2) is 13.9. The molecule has 0 aliphatic rings. The highest BCUT2D eigenvalue weighted by molar-refractivity contribution is 5.98. The van der Waals surface area contributed by atoms with Gasteiger partial charge in [0.1, 0.15) is 17.8 Å². The third kappa shape index (κ3) is 7.43. The topological polar surface area (TPSA) is 88.2 Å². The monoisotopic (exact) mass is 517 g/mol. The number of hydrogen-bond donors (Lipinski definition) is 1. The number of hydrogen-bond acceptors (Lipinski definition) is 5. The van der Waals surface area contributed by atoms with Crippen molar-refractivity contribution >= 4 is 17.7 Å². The van der Waals surface area contributed by atoms with Crippen LogP contribution < -0.4 is 10.1 Å². The average Bonchev–Trinajstić information content (AvgIpc) is 2.97. The van der Waals surface area contributed by atoms with Gasteiger partial charge >= 0.3 is 0 Å². The Balaban J connectivity index is 1.83. The molecule has 38 heavy (non-hydrogen) atoms. The first-order valence-corrected chi connectivity index (χ1v) is 12.4. The number of ether oxygens (including phenoxy) is 2. The molecule has 0 aromatic heterocycles. The fourth-order valence-corrected chi connectivity index (χ4v) is 4.08. The summed E-state index contributed by atoms with van der Waals surface area (Å²) in [4.78, 5) is 42.8. The maximum atomic E-state index is 13.9. The highest BCUT2D eigenvalue weighted by Crippen LogP contribution is 2.17. The molecule has 0 aliphatic heterocycles. The lowest BCUT2D eigenvalue weighted by Gasteiger charge is -2.34. The highest BCUT2D eigenvalue weighted by Gasteiger charge is 2.35. The van der Waals surface area contributed by atoms with E-state index in [1.165, 1.54) is 16.8 Å². The quantitative estimate of drug-likeness (QED) is 0.399. The summed E-state index contributed by atoms with van der Waals surface area (Å²) >= 11 is 0. The predicted octanol–water partition coefficient (Wildman–Crippen LogP) is 3.17. The largest absolute Gasteiger partial charge is 0.497 e. The van der Waals surface area contributed by atoms with Gasteiger partial charge in [-0.25, -0.2) is 0 Å². The minimum Gasteiger partial charge on any atom is -0.497 e. The van der Waals surface area contributed by atoms with Gasteiger partial charge in [0.15, 0.2) is 0 Å². The van der Waals surface area contributed by atoms with E-state index >= 15 is 0 Å². The number of carbonyl (C=O) groups excluding carboxylic acids is 3. The van der Waals surface area contributed by atoms with Gasteiger partial charge in [0.2, 0.25) is 11.8 Å². The molecular weight excluding hydrogens is 482 g/mol. The van der Waals surface area contributed by atoms with Gasteiger partial charge in [0.25, 0.3) is 5.91 Å². The summed E-state index contributed by atoms with van der Waals surface area (Å²) in [6.45, 7) is 0.253. The van der Waals surface area contributed by atoms with Crippen molar-refractivity contribution in [2.24, 2.45) is 0 Å². The molecular formula is C30H35N3O5. The average molecular weight is 518 g/mol. The Bertz CT molecular complexity index is 1190. The van der Waals surface area contributed by atoms with Gasteiger partial charge in [-0.1, -0.05) is 60.7 Å².